The highest BCUT2D eigenvalue weighted by molar-refractivity contribution is 5.94. The van der Waals surface area contributed by atoms with Crippen LogP contribution in [0.4, 0.5) is 27.9 Å². The van der Waals surface area contributed by atoms with Gasteiger partial charge in [-0.2, -0.15) is 4.98 Å². The molecule has 0 unspecified atom stereocenters. The zero-order valence-electron chi connectivity index (χ0n) is 15.2. The summed E-state index contributed by atoms with van der Waals surface area (Å²) in [7, 11) is 0. The van der Waals surface area contributed by atoms with E-state index in [1.807, 2.05) is 30.5 Å². The van der Waals surface area contributed by atoms with Gasteiger partial charge in [0.15, 0.2) is 0 Å². The van der Waals surface area contributed by atoms with Gasteiger partial charge in [-0.25, -0.2) is 9.78 Å². The average Bonchev–Trinajstić information content (AvgIpc) is 3.43. The number of amides is 2. The summed E-state index contributed by atoms with van der Waals surface area (Å²) in [5.41, 5.74) is 8.47. The summed E-state index contributed by atoms with van der Waals surface area (Å²) >= 11 is 0. The maximum atomic E-state index is 11.9. The lowest BCUT2D eigenvalue weighted by Gasteiger charge is -2.16. The lowest BCUT2D eigenvalue weighted by molar-refractivity contribution is 0.252. The van der Waals surface area contributed by atoms with Crippen LogP contribution in [0.2, 0.25) is 0 Å². The van der Waals surface area contributed by atoms with Crippen molar-refractivity contribution in [3.63, 3.8) is 0 Å². The molecule has 0 spiro atoms. The van der Waals surface area contributed by atoms with E-state index in [0.717, 1.165) is 30.2 Å². The third-order valence-electron chi connectivity index (χ3n) is 4.78. The molecule has 2 fully saturated rings. The second-order valence-electron chi connectivity index (χ2n) is 6.90. The quantitative estimate of drug-likeness (QED) is 0.534. The molecular formula is C19H25N7O. The number of carbonyl (C=O) groups is 1. The number of anilines is 4. The van der Waals surface area contributed by atoms with Crippen LogP contribution in [0.25, 0.3) is 0 Å². The van der Waals surface area contributed by atoms with Crippen LogP contribution in [-0.2, 0) is 0 Å². The Labute approximate surface area is 158 Å². The van der Waals surface area contributed by atoms with Crippen molar-refractivity contribution in [3.8, 4) is 0 Å². The monoisotopic (exact) mass is 367 g/mol. The number of hydrogen-bond acceptors (Lipinski definition) is 6. The van der Waals surface area contributed by atoms with Crippen LogP contribution < -0.4 is 26.6 Å². The Morgan fingerprint density at radius 3 is 2.96 bits per heavy atom. The second-order valence-corrected chi connectivity index (χ2v) is 6.90. The first-order valence-electron chi connectivity index (χ1n) is 9.48. The van der Waals surface area contributed by atoms with Crippen LogP contribution in [-0.4, -0.2) is 42.2 Å². The lowest BCUT2D eigenvalue weighted by Crippen LogP contribution is -2.27. The van der Waals surface area contributed by atoms with Crippen molar-refractivity contribution in [1.29, 1.82) is 0 Å². The summed E-state index contributed by atoms with van der Waals surface area (Å²) in [4.78, 5) is 22.8. The van der Waals surface area contributed by atoms with Crippen LogP contribution in [0.1, 0.15) is 30.7 Å². The van der Waals surface area contributed by atoms with Crippen molar-refractivity contribution in [2.45, 2.75) is 25.2 Å². The number of rotatable bonds is 8. The number of nitrogens with zero attached hydrogens (tertiary/aromatic N) is 3. The molecule has 142 valence electrons. The minimum Gasteiger partial charge on any atom is -0.370 e. The van der Waals surface area contributed by atoms with E-state index in [9.17, 15) is 4.79 Å². The second kappa shape index (κ2) is 7.79. The smallest absolute Gasteiger partial charge is 0.321 e. The van der Waals surface area contributed by atoms with Gasteiger partial charge in [0.1, 0.15) is 5.82 Å². The van der Waals surface area contributed by atoms with Gasteiger partial charge in [0.05, 0.1) is 0 Å². The van der Waals surface area contributed by atoms with Crippen molar-refractivity contribution >= 4 is 29.2 Å². The molecular weight excluding hydrogens is 342 g/mol. The van der Waals surface area contributed by atoms with E-state index in [2.05, 4.69) is 25.9 Å². The van der Waals surface area contributed by atoms with Crippen LogP contribution in [0.5, 0.6) is 0 Å². The highest BCUT2D eigenvalue weighted by Crippen LogP contribution is 2.42. The van der Waals surface area contributed by atoms with Crippen molar-refractivity contribution in [2.24, 2.45) is 5.73 Å². The van der Waals surface area contributed by atoms with Gasteiger partial charge in [-0.15, -0.1) is 0 Å². The lowest BCUT2D eigenvalue weighted by atomic mass is 10.2. The van der Waals surface area contributed by atoms with E-state index < -0.39 is 0 Å². The molecule has 1 aliphatic heterocycles. The molecule has 0 atom stereocenters. The molecule has 27 heavy (non-hydrogen) atoms. The number of nitrogens with one attached hydrogen (secondary N) is 3. The molecule has 0 radical (unpaired) electrons. The number of carbonyl (C=O) groups excluding carboxylic acids is 1. The van der Waals surface area contributed by atoms with Crippen molar-refractivity contribution in [3.05, 3.63) is 36.0 Å². The summed E-state index contributed by atoms with van der Waals surface area (Å²) in [5, 5.41) is 9.46. The average molecular weight is 367 g/mol. The zero-order chi connectivity index (χ0) is 18.6. The van der Waals surface area contributed by atoms with Crippen LogP contribution in [0.3, 0.4) is 0 Å². The largest absolute Gasteiger partial charge is 0.370 e. The zero-order valence-corrected chi connectivity index (χ0v) is 15.2. The van der Waals surface area contributed by atoms with E-state index in [4.69, 9.17) is 5.73 Å². The fraction of sp³-hybridized carbons (Fsp3) is 0.421. The molecule has 2 heterocycles. The predicted molar refractivity (Wildman–Crippen MR) is 107 cm³/mol. The molecule has 1 aliphatic carbocycles. The third-order valence-corrected chi connectivity index (χ3v) is 4.78. The van der Waals surface area contributed by atoms with E-state index in [0.29, 0.717) is 31.5 Å². The highest BCUT2D eigenvalue weighted by atomic mass is 16.2. The number of hydrogen-bond donors (Lipinski definition) is 4. The van der Waals surface area contributed by atoms with Gasteiger partial charge >= 0.3 is 6.03 Å². The Morgan fingerprint density at radius 2 is 2.22 bits per heavy atom. The van der Waals surface area contributed by atoms with Gasteiger partial charge in [0.25, 0.3) is 0 Å². The molecule has 1 saturated carbocycles. The van der Waals surface area contributed by atoms with Gasteiger partial charge < -0.3 is 21.7 Å². The third kappa shape index (κ3) is 4.11. The first-order valence-corrected chi connectivity index (χ1v) is 9.48. The molecule has 1 aromatic heterocycles. The molecule has 8 heteroatoms. The van der Waals surface area contributed by atoms with Gasteiger partial charge in [0.2, 0.25) is 5.95 Å². The maximum absolute atomic E-state index is 11.9. The Kier molecular flexibility index (Phi) is 5.06. The standard InChI is InChI=1S/C19H25N7O/c20-7-2-8-21-17-16(13-5-6-13)12-23-18(25-17)24-14-3-1-4-15(11-14)26-10-9-22-19(26)27/h1,3-4,11-13H,2,5-10,20H2,(H,22,27)(H2,21,23,24,25). The van der Waals surface area contributed by atoms with E-state index in [-0.39, 0.29) is 6.03 Å². The van der Waals surface area contributed by atoms with Crippen LogP contribution >= 0.6 is 0 Å². The summed E-state index contributed by atoms with van der Waals surface area (Å²) in [6.07, 6.45) is 5.20. The van der Waals surface area contributed by atoms with Crippen LogP contribution in [0, 0.1) is 0 Å². The summed E-state index contributed by atoms with van der Waals surface area (Å²) in [6, 6.07) is 7.65. The molecule has 4 rings (SSSR count). The minimum atomic E-state index is -0.0661. The fourth-order valence-corrected chi connectivity index (χ4v) is 3.19. The van der Waals surface area contributed by atoms with Crippen LogP contribution in [0.15, 0.2) is 30.5 Å². The summed E-state index contributed by atoms with van der Waals surface area (Å²) in [6.45, 7) is 2.79. The van der Waals surface area contributed by atoms with E-state index in [1.54, 1.807) is 4.90 Å². The minimum absolute atomic E-state index is 0.0661. The molecule has 5 N–H and O–H groups in total. The topological polar surface area (TPSA) is 108 Å². The van der Waals surface area contributed by atoms with Gasteiger partial charge in [0, 0.05) is 42.8 Å². The Bertz CT molecular complexity index is 821. The van der Waals surface area contributed by atoms with Crippen molar-refractivity contribution < 1.29 is 4.79 Å². The molecule has 1 aromatic carbocycles. The van der Waals surface area contributed by atoms with E-state index in [1.165, 1.54) is 18.4 Å². The summed E-state index contributed by atoms with van der Waals surface area (Å²) < 4.78 is 0. The first kappa shape index (κ1) is 17.5. The van der Waals surface area contributed by atoms with Gasteiger partial charge in [-0.3, -0.25) is 4.90 Å². The molecule has 1 saturated heterocycles. The summed E-state index contributed by atoms with van der Waals surface area (Å²) in [5.74, 6) is 1.99. The molecule has 2 aromatic rings. The molecule has 2 aliphatic rings. The number of urea groups is 1. The predicted octanol–water partition coefficient (Wildman–Crippen LogP) is 2.39. The molecule has 0 bridgehead atoms. The fourth-order valence-electron chi connectivity index (χ4n) is 3.19. The highest BCUT2D eigenvalue weighted by Gasteiger charge is 2.27. The van der Waals surface area contributed by atoms with Gasteiger partial charge in [-0.1, -0.05) is 6.07 Å². The van der Waals surface area contributed by atoms with Crippen molar-refractivity contribution in [1.82, 2.24) is 15.3 Å². The molecule has 2 amide bonds. The first-order chi connectivity index (χ1) is 13.2. The number of nitrogens with two attached hydrogens (primary N) is 1. The Hall–Kier alpha value is -2.87. The number of benzene rings is 1. The SMILES string of the molecule is NCCCNc1nc(Nc2cccc(N3CCNC3=O)c2)ncc1C1CC1. The Balaban J connectivity index is 1.52. The van der Waals surface area contributed by atoms with Crippen molar-refractivity contribution in [2.75, 3.05) is 41.7 Å². The maximum Gasteiger partial charge on any atom is 0.321 e. The Morgan fingerprint density at radius 1 is 1.33 bits per heavy atom. The van der Waals surface area contributed by atoms with Gasteiger partial charge in [-0.05, 0) is 49.9 Å². The van der Waals surface area contributed by atoms with E-state index >= 15 is 0 Å². The molecule has 8 nitrogen and oxygen atoms in total. The number of aromatic nitrogens is 2. The normalized spacial score (nSPS) is 16.3.